The Morgan fingerprint density at radius 1 is 0.495 bits per heavy atom. The van der Waals surface area contributed by atoms with E-state index in [0.717, 1.165) is 4.90 Å². The summed E-state index contributed by atoms with van der Waals surface area (Å²) in [4.78, 5) is 176. The summed E-state index contributed by atoms with van der Waals surface area (Å²) in [5.74, 6) is -9.80. The van der Waals surface area contributed by atoms with Crippen LogP contribution in [0.1, 0.15) is 170 Å². The van der Waals surface area contributed by atoms with E-state index in [1.54, 1.807) is 47.6 Å². The third-order valence-corrected chi connectivity index (χ3v) is 20.1. The Kier molecular flexibility index (Phi) is 35.8. The molecule has 0 unspecified atom stereocenters. The molecule has 2 heterocycles. The number of hydrogen-bond acceptors (Lipinski definition) is 15. The van der Waals surface area contributed by atoms with E-state index in [9.17, 15) is 24.3 Å². The second-order valence-electron chi connectivity index (χ2n) is 30.3. The Bertz CT molecular complexity index is 2670. The number of carbonyl (C=O) groups is 11. The predicted octanol–water partition coefficient (Wildman–Crippen LogP) is 4.48. The molecular formula is C71H128N12O13S. The fourth-order valence-electron chi connectivity index (χ4n) is 12.6. The standard InChI is InChI=1S/C71H128N12O13S/c1-27-29-30-47(15)59(84)58-63(88)74-50(28-2)65(90)80(24)55(39-97-71(18,19)40-83-31-33-96-34-32-83)68(93)76(20)52(36-42(5)6)62(87)75-56(45(11)12)69(94)77(21)51(35-41(3)4)61(86)72-48(16)60(85)73-49(17)64(89)78(22)53(37-43(7)8)66(91)79(23)54(38-44(9)10)67(92)81(25)57(46(13)14)70(95)82(58)26/h27,29,41-59,84H,28,30-40H2,1-26H3,(H,72,86)(H,73,85)(H,74,88)(H,75,87)/t47-,48-,49+,50-,51-,52+,53-,54-,55-,56-,57-,58-,59-/m1/s1. The molecule has 0 aromatic rings. The maximum absolute atomic E-state index is 15.6. The second-order valence-corrected chi connectivity index (χ2v) is 32.0. The molecule has 2 fully saturated rings. The molecule has 13 atom stereocenters. The first-order chi connectivity index (χ1) is 44.9. The molecule has 26 heteroatoms. The average Bonchev–Trinajstić information content (AvgIpc) is 0.810. The van der Waals surface area contributed by atoms with Crippen LogP contribution in [0.3, 0.4) is 0 Å². The maximum Gasteiger partial charge on any atom is 0.246 e. The fraction of sp³-hybridized carbons (Fsp3) is 0.817. The minimum atomic E-state index is -1.64. The monoisotopic (exact) mass is 1390 g/mol. The molecule has 2 aliphatic heterocycles. The van der Waals surface area contributed by atoms with Gasteiger partial charge >= 0.3 is 0 Å². The smallest absolute Gasteiger partial charge is 0.246 e. The van der Waals surface area contributed by atoms with Gasteiger partial charge in [0.2, 0.25) is 65.0 Å². The zero-order valence-electron chi connectivity index (χ0n) is 63.9. The molecule has 556 valence electrons. The molecular weight excluding hydrogens is 1260 g/mol. The molecule has 0 aromatic heterocycles. The van der Waals surface area contributed by atoms with E-state index >= 15 is 33.6 Å². The fourth-order valence-corrected chi connectivity index (χ4v) is 13.9. The number of nitrogens with zero attached hydrogens (tertiary/aromatic N) is 8. The third-order valence-electron chi connectivity index (χ3n) is 18.7. The van der Waals surface area contributed by atoms with Crippen molar-refractivity contribution < 1.29 is 62.6 Å². The third kappa shape index (κ3) is 25.1. The first kappa shape index (κ1) is 87.2. The van der Waals surface area contributed by atoms with Crippen LogP contribution < -0.4 is 21.3 Å². The van der Waals surface area contributed by atoms with Crippen LogP contribution in [0.5, 0.6) is 0 Å². The lowest BCUT2D eigenvalue weighted by Crippen LogP contribution is -2.64. The summed E-state index contributed by atoms with van der Waals surface area (Å²) in [7, 11) is 10.1. The van der Waals surface area contributed by atoms with Gasteiger partial charge in [-0.25, -0.2) is 0 Å². The number of nitrogens with one attached hydrogen (secondary N) is 4. The van der Waals surface area contributed by atoms with E-state index in [4.69, 9.17) is 4.74 Å². The number of rotatable bonds is 20. The zero-order valence-corrected chi connectivity index (χ0v) is 64.8. The highest BCUT2D eigenvalue weighted by Gasteiger charge is 2.47. The number of carbonyl (C=O) groups excluding carboxylic acids is 11. The molecule has 0 aliphatic carbocycles. The summed E-state index contributed by atoms with van der Waals surface area (Å²) < 4.78 is 5.14. The van der Waals surface area contributed by atoms with Crippen molar-refractivity contribution in [3.05, 3.63) is 12.2 Å². The SMILES string of the molecule is CC=CC[C@@H](C)[C@@H](O)[C@@H]1C(=O)N[C@H](CC)C(=O)N(C)[C@H](CSC(C)(C)CN2CCOCC2)C(=O)N(C)[C@@H](CC(C)C)C(=O)N[C@H](C(C)C)C(=O)N(C)[C@H](CC(C)C)C(=O)N[C@H](C)C(=O)N[C@@H](C)C(=O)N(C)[C@H](CC(C)C)C(=O)N(C)[C@H](CC(C)C)C(=O)N(C)[C@H](C(C)C)C(=O)N1C. The van der Waals surface area contributed by atoms with Crippen molar-refractivity contribution in [2.75, 3.05) is 87.9 Å². The van der Waals surface area contributed by atoms with Crippen molar-refractivity contribution in [3.63, 3.8) is 0 Å². The van der Waals surface area contributed by atoms with Gasteiger partial charge in [0.15, 0.2) is 0 Å². The van der Waals surface area contributed by atoms with E-state index in [0.29, 0.717) is 39.3 Å². The first-order valence-corrected chi connectivity index (χ1v) is 36.2. The molecule has 0 radical (unpaired) electrons. The van der Waals surface area contributed by atoms with E-state index in [1.165, 1.54) is 104 Å². The van der Waals surface area contributed by atoms with Crippen molar-refractivity contribution in [1.29, 1.82) is 0 Å². The lowest BCUT2D eigenvalue weighted by atomic mass is 9.91. The summed E-state index contributed by atoms with van der Waals surface area (Å²) >= 11 is 1.46. The highest BCUT2D eigenvalue weighted by molar-refractivity contribution is 8.00. The Labute approximate surface area is 586 Å². The van der Waals surface area contributed by atoms with E-state index < -0.39 is 160 Å². The number of allylic oxidation sites excluding steroid dienone is 2. The minimum absolute atomic E-state index is 0.00254. The summed E-state index contributed by atoms with van der Waals surface area (Å²) in [6.45, 7) is 37.4. The number of amides is 11. The van der Waals surface area contributed by atoms with Crippen molar-refractivity contribution in [1.82, 2.24) is 60.5 Å². The molecule has 0 saturated carbocycles. The molecule has 0 spiro atoms. The van der Waals surface area contributed by atoms with Crippen LogP contribution >= 0.6 is 11.8 Å². The molecule has 2 aliphatic rings. The Hall–Kier alpha value is -5.86. The number of likely N-dealkylation sites (N-methyl/N-ethyl adjacent to an activating group) is 7. The van der Waals surface area contributed by atoms with Crippen molar-refractivity contribution in [2.24, 2.45) is 41.4 Å². The van der Waals surface area contributed by atoms with E-state index in [-0.39, 0.29) is 61.5 Å². The van der Waals surface area contributed by atoms with Crippen LogP contribution in [0.25, 0.3) is 0 Å². The Morgan fingerprint density at radius 3 is 1.37 bits per heavy atom. The quantitative estimate of drug-likeness (QED) is 0.105. The lowest BCUT2D eigenvalue weighted by Gasteiger charge is -2.42. The molecule has 5 N–H and O–H groups in total. The van der Waals surface area contributed by atoms with E-state index in [2.05, 4.69) is 26.2 Å². The average molecular weight is 1390 g/mol. The highest BCUT2D eigenvalue weighted by Crippen LogP contribution is 2.30. The van der Waals surface area contributed by atoms with Gasteiger partial charge in [-0.15, -0.1) is 0 Å². The van der Waals surface area contributed by atoms with Gasteiger partial charge in [0.25, 0.3) is 0 Å². The van der Waals surface area contributed by atoms with Crippen LogP contribution in [0.2, 0.25) is 0 Å². The van der Waals surface area contributed by atoms with Gasteiger partial charge in [-0.1, -0.05) is 109 Å². The van der Waals surface area contributed by atoms with Gasteiger partial charge in [-0.3, -0.25) is 57.6 Å². The van der Waals surface area contributed by atoms with Gasteiger partial charge in [0.05, 0.1) is 19.3 Å². The Balaban J connectivity index is 3.14. The van der Waals surface area contributed by atoms with Crippen LogP contribution in [0, 0.1) is 41.4 Å². The van der Waals surface area contributed by atoms with Gasteiger partial charge < -0.3 is 65.4 Å². The summed E-state index contributed by atoms with van der Waals surface area (Å²) in [6, 6.07) is -13.9. The van der Waals surface area contributed by atoms with E-state index in [1.807, 2.05) is 82.2 Å². The molecule has 0 bridgehead atoms. The molecule has 11 amide bonds. The second kappa shape index (κ2) is 39.8. The predicted molar refractivity (Wildman–Crippen MR) is 381 cm³/mol. The number of aliphatic hydroxyl groups excluding tert-OH is 1. The van der Waals surface area contributed by atoms with Crippen molar-refractivity contribution >= 4 is 76.7 Å². The number of ether oxygens (including phenoxy) is 1. The maximum atomic E-state index is 15.6. The van der Waals surface area contributed by atoms with Crippen LogP contribution in [0.4, 0.5) is 0 Å². The van der Waals surface area contributed by atoms with Gasteiger partial charge in [-0.05, 0) is 115 Å². The minimum Gasteiger partial charge on any atom is -0.390 e. The Morgan fingerprint density at radius 2 is 0.907 bits per heavy atom. The van der Waals surface area contributed by atoms with Gasteiger partial charge in [0.1, 0.15) is 66.5 Å². The zero-order chi connectivity index (χ0) is 74.6. The van der Waals surface area contributed by atoms with Gasteiger partial charge in [0, 0.05) is 79.5 Å². The number of morpholine rings is 1. The lowest BCUT2D eigenvalue weighted by molar-refractivity contribution is -0.157. The molecule has 0 aromatic carbocycles. The molecule has 2 saturated heterocycles. The largest absolute Gasteiger partial charge is 0.390 e. The molecule has 25 nitrogen and oxygen atoms in total. The molecule has 97 heavy (non-hydrogen) atoms. The van der Waals surface area contributed by atoms with Crippen LogP contribution in [0.15, 0.2) is 12.2 Å². The summed E-state index contributed by atoms with van der Waals surface area (Å²) in [5.41, 5.74) is 0. The summed E-state index contributed by atoms with van der Waals surface area (Å²) in [5, 5.41) is 23.6. The highest BCUT2D eigenvalue weighted by atomic mass is 32.2. The number of hydrogen-bond donors (Lipinski definition) is 5. The number of aliphatic hydroxyl groups is 1. The topological polar surface area (TPSA) is 291 Å². The normalized spacial score (nSPS) is 27.2. The van der Waals surface area contributed by atoms with Crippen molar-refractivity contribution in [3.8, 4) is 0 Å². The summed E-state index contributed by atoms with van der Waals surface area (Å²) in [6.07, 6.45) is 2.95. The van der Waals surface area contributed by atoms with Gasteiger partial charge in [-0.2, -0.15) is 11.8 Å². The first-order valence-electron chi connectivity index (χ1n) is 35.2. The van der Waals surface area contributed by atoms with Crippen molar-refractivity contribution in [2.45, 2.75) is 247 Å². The van der Waals surface area contributed by atoms with Crippen LogP contribution in [-0.2, 0) is 57.5 Å². The molecule has 2 rings (SSSR count). The van der Waals surface area contributed by atoms with Crippen LogP contribution in [-0.4, -0.2) is 275 Å². The number of thioether (sulfide) groups is 1.